The predicted molar refractivity (Wildman–Crippen MR) is 74.2 cm³/mol. The zero-order valence-electron chi connectivity index (χ0n) is 12.0. The highest BCUT2D eigenvalue weighted by molar-refractivity contribution is 5.91. The largest absolute Gasteiger partial charge is 0.396 e. The second-order valence-electron chi connectivity index (χ2n) is 4.84. The fourth-order valence-corrected chi connectivity index (χ4v) is 1.70. The number of anilines is 1. The van der Waals surface area contributed by atoms with Crippen LogP contribution >= 0.6 is 0 Å². The van der Waals surface area contributed by atoms with Crippen LogP contribution in [0.25, 0.3) is 0 Å². The van der Waals surface area contributed by atoms with Crippen LogP contribution in [-0.2, 0) is 0 Å². The summed E-state index contributed by atoms with van der Waals surface area (Å²) in [5, 5.41) is 17.0. The molecular formula is C13H22N4O2. The van der Waals surface area contributed by atoms with Crippen LogP contribution in [0.3, 0.4) is 0 Å². The number of carbonyl (C=O) groups is 1. The van der Waals surface area contributed by atoms with E-state index >= 15 is 0 Å². The molecule has 0 bridgehead atoms. The van der Waals surface area contributed by atoms with Crippen molar-refractivity contribution in [1.82, 2.24) is 15.1 Å². The van der Waals surface area contributed by atoms with E-state index in [1.165, 1.54) is 4.90 Å². The van der Waals surface area contributed by atoms with Gasteiger partial charge in [0.1, 0.15) is 0 Å². The third-order valence-electron chi connectivity index (χ3n) is 2.75. The van der Waals surface area contributed by atoms with Crippen LogP contribution in [0.15, 0.2) is 12.1 Å². The van der Waals surface area contributed by atoms with E-state index in [0.717, 1.165) is 5.82 Å². The van der Waals surface area contributed by atoms with Gasteiger partial charge in [-0.05, 0) is 32.4 Å². The highest BCUT2D eigenvalue weighted by Gasteiger charge is 2.14. The van der Waals surface area contributed by atoms with Crippen LogP contribution in [0.1, 0.15) is 30.8 Å². The van der Waals surface area contributed by atoms with Gasteiger partial charge in [-0.25, -0.2) is 0 Å². The van der Waals surface area contributed by atoms with Gasteiger partial charge in [0.15, 0.2) is 11.5 Å². The van der Waals surface area contributed by atoms with Crippen LogP contribution < -0.4 is 4.90 Å². The van der Waals surface area contributed by atoms with Crippen molar-refractivity contribution in [3.63, 3.8) is 0 Å². The van der Waals surface area contributed by atoms with Crippen molar-refractivity contribution in [2.75, 3.05) is 32.1 Å². The van der Waals surface area contributed by atoms with Crippen molar-refractivity contribution in [3.05, 3.63) is 17.8 Å². The molecule has 106 valence electrons. The summed E-state index contributed by atoms with van der Waals surface area (Å²) in [5.41, 5.74) is 0.333. The maximum Gasteiger partial charge on any atom is 0.273 e. The standard InChI is InChI=1S/C13H22N4O2/c1-10(2)17(8-5-9-18)12-7-6-11(14-15-12)13(19)16(3)4/h6-7,10,18H,5,8-9H2,1-4H3. The molecule has 19 heavy (non-hydrogen) atoms. The summed E-state index contributed by atoms with van der Waals surface area (Å²) >= 11 is 0. The summed E-state index contributed by atoms with van der Waals surface area (Å²) in [5.74, 6) is 0.560. The lowest BCUT2D eigenvalue weighted by atomic mass is 10.2. The summed E-state index contributed by atoms with van der Waals surface area (Å²) in [6, 6.07) is 3.73. The Balaban J connectivity index is 2.86. The van der Waals surface area contributed by atoms with E-state index in [9.17, 15) is 4.79 Å². The third kappa shape index (κ3) is 4.17. The molecule has 0 saturated heterocycles. The monoisotopic (exact) mass is 266 g/mol. The molecule has 0 aromatic carbocycles. The summed E-state index contributed by atoms with van der Waals surface area (Å²) in [6.07, 6.45) is 0.679. The van der Waals surface area contributed by atoms with Crippen molar-refractivity contribution >= 4 is 11.7 Å². The summed E-state index contributed by atoms with van der Waals surface area (Å²) in [6.45, 7) is 4.97. The molecule has 1 heterocycles. The zero-order valence-corrected chi connectivity index (χ0v) is 12.0. The summed E-state index contributed by atoms with van der Waals surface area (Å²) in [7, 11) is 3.36. The predicted octanol–water partition coefficient (Wildman–Crippen LogP) is 0.776. The lowest BCUT2D eigenvalue weighted by Crippen LogP contribution is -2.33. The molecule has 0 radical (unpaired) electrons. The third-order valence-corrected chi connectivity index (χ3v) is 2.75. The van der Waals surface area contributed by atoms with E-state index in [-0.39, 0.29) is 18.6 Å². The quantitative estimate of drug-likeness (QED) is 0.824. The van der Waals surface area contributed by atoms with Crippen molar-refractivity contribution in [1.29, 1.82) is 0 Å². The molecule has 6 heteroatoms. The maximum absolute atomic E-state index is 11.7. The second kappa shape index (κ2) is 7.04. The zero-order chi connectivity index (χ0) is 14.4. The van der Waals surface area contributed by atoms with Gasteiger partial charge in [0.25, 0.3) is 5.91 Å². The number of aliphatic hydroxyl groups is 1. The van der Waals surface area contributed by atoms with Crippen LogP contribution in [0, 0.1) is 0 Å². The summed E-state index contributed by atoms with van der Waals surface area (Å²) < 4.78 is 0. The Bertz CT molecular complexity index is 404. The van der Waals surface area contributed by atoms with E-state index in [2.05, 4.69) is 24.0 Å². The average molecular weight is 266 g/mol. The number of carbonyl (C=O) groups excluding carboxylic acids is 1. The molecule has 1 N–H and O–H groups in total. The number of rotatable bonds is 6. The molecule has 6 nitrogen and oxygen atoms in total. The Morgan fingerprint density at radius 1 is 1.32 bits per heavy atom. The lowest BCUT2D eigenvalue weighted by Gasteiger charge is -2.27. The molecule has 0 saturated carbocycles. The second-order valence-corrected chi connectivity index (χ2v) is 4.84. The van der Waals surface area contributed by atoms with Gasteiger partial charge in [0.05, 0.1) is 0 Å². The minimum atomic E-state index is -0.162. The van der Waals surface area contributed by atoms with Gasteiger partial charge in [0, 0.05) is 33.3 Å². The fourth-order valence-electron chi connectivity index (χ4n) is 1.70. The van der Waals surface area contributed by atoms with Crippen LogP contribution in [-0.4, -0.2) is 59.4 Å². The van der Waals surface area contributed by atoms with E-state index in [1.807, 2.05) is 4.90 Å². The van der Waals surface area contributed by atoms with Gasteiger partial charge >= 0.3 is 0 Å². The Kier molecular flexibility index (Phi) is 5.69. The van der Waals surface area contributed by atoms with Crippen LogP contribution in [0.2, 0.25) is 0 Å². The van der Waals surface area contributed by atoms with Crippen LogP contribution in [0.4, 0.5) is 5.82 Å². The Labute approximate surface area is 114 Å². The number of aliphatic hydroxyl groups excluding tert-OH is 1. The molecule has 0 aliphatic heterocycles. The number of hydrogen-bond donors (Lipinski definition) is 1. The van der Waals surface area contributed by atoms with E-state index < -0.39 is 0 Å². The van der Waals surface area contributed by atoms with Gasteiger partial charge in [-0.1, -0.05) is 0 Å². The molecule has 1 rings (SSSR count). The minimum absolute atomic E-state index is 0.147. The first-order chi connectivity index (χ1) is 8.97. The van der Waals surface area contributed by atoms with Gasteiger partial charge in [0.2, 0.25) is 0 Å². The molecule has 1 amide bonds. The molecule has 0 fully saturated rings. The normalized spacial score (nSPS) is 10.6. The van der Waals surface area contributed by atoms with E-state index in [1.54, 1.807) is 26.2 Å². The molecule has 0 aliphatic carbocycles. The minimum Gasteiger partial charge on any atom is -0.396 e. The van der Waals surface area contributed by atoms with E-state index in [0.29, 0.717) is 18.7 Å². The first kappa shape index (κ1) is 15.4. The molecule has 1 aromatic heterocycles. The average Bonchev–Trinajstić information content (AvgIpc) is 2.38. The Morgan fingerprint density at radius 3 is 2.42 bits per heavy atom. The topological polar surface area (TPSA) is 69.6 Å². The molecule has 0 unspecified atom stereocenters. The van der Waals surface area contributed by atoms with Gasteiger partial charge in [-0.15, -0.1) is 10.2 Å². The van der Waals surface area contributed by atoms with Gasteiger partial charge in [-0.2, -0.15) is 0 Å². The van der Waals surface area contributed by atoms with Gasteiger partial charge in [-0.3, -0.25) is 4.79 Å². The SMILES string of the molecule is CC(C)N(CCCO)c1ccc(C(=O)N(C)C)nn1. The van der Waals surface area contributed by atoms with Gasteiger partial charge < -0.3 is 14.9 Å². The molecule has 0 aliphatic rings. The molecular weight excluding hydrogens is 244 g/mol. The van der Waals surface area contributed by atoms with Crippen molar-refractivity contribution in [2.45, 2.75) is 26.3 Å². The van der Waals surface area contributed by atoms with Crippen LogP contribution in [0.5, 0.6) is 0 Å². The van der Waals surface area contributed by atoms with E-state index in [4.69, 9.17) is 5.11 Å². The first-order valence-corrected chi connectivity index (χ1v) is 6.40. The molecule has 0 spiro atoms. The highest BCUT2D eigenvalue weighted by atomic mass is 16.3. The molecule has 1 aromatic rings. The Hall–Kier alpha value is -1.69. The van der Waals surface area contributed by atoms with Crippen molar-refractivity contribution < 1.29 is 9.90 Å². The highest BCUT2D eigenvalue weighted by Crippen LogP contribution is 2.14. The number of hydrogen-bond acceptors (Lipinski definition) is 5. The van der Waals surface area contributed by atoms with Crippen molar-refractivity contribution in [2.24, 2.45) is 0 Å². The first-order valence-electron chi connectivity index (χ1n) is 6.40. The summed E-state index contributed by atoms with van der Waals surface area (Å²) in [4.78, 5) is 15.2. The number of nitrogens with zero attached hydrogens (tertiary/aromatic N) is 4. The van der Waals surface area contributed by atoms with Crippen molar-refractivity contribution in [3.8, 4) is 0 Å². The fraction of sp³-hybridized carbons (Fsp3) is 0.615. The number of amides is 1. The lowest BCUT2D eigenvalue weighted by molar-refractivity contribution is 0.0821. The molecule has 0 atom stereocenters. The smallest absolute Gasteiger partial charge is 0.273 e. The maximum atomic E-state index is 11.7. The number of aromatic nitrogens is 2. The Morgan fingerprint density at radius 2 is 2.00 bits per heavy atom.